The van der Waals surface area contributed by atoms with E-state index in [1.165, 1.54) is 12.8 Å². The number of ether oxygens (including phenoxy) is 1. The first kappa shape index (κ1) is 10.7. The predicted octanol–water partition coefficient (Wildman–Crippen LogP) is 1.51. The summed E-state index contributed by atoms with van der Waals surface area (Å²) in [5, 5.41) is 3.61. The fourth-order valence-electron chi connectivity index (χ4n) is 3.58. The molecule has 3 saturated heterocycles. The van der Waals surface area contributed by atoms with Gasteiger partial charge >= 0.3 is 0 Å². The van der Waals surface area contributed by atoms with Crippen LogP contribution < -0.4 is 5.32 Å². The van der Waals surface area contributed by atoms with Gasteiger partial charge in [-0.3, -0.25) is 4.79 Å². The van der Waals surface area contributed by atoms with Gasteiger partial charge in [0.15, 0.2) is 0 Å². The summed E-state index contributed by atoms with van der Waals surface area (Å²) < 4.78 is 5.38. The Balaban J connectivity index is 1.62. The first-order chi connectivity index (χ1) is 7.83. The van der Waals surface area contributed by atoms with Crippen molar-refractivity contribution in [2.24, 2.45) is 11.8 Å². The van der Waals surface area contributed by atoms with Crippen LogP contribution in [0.2, 0.25) is 0 Å². The molecule has 3 aliphatic rings. The second-order valence-electron chi connectivity index (χ2n) is 5.62. The van der Waals surface area contributed by atoms with E-state index in [0.717, 1.165) is 44.8 Å². The number of Topliss-reactive ketones (excluding diaryl/α,β-unsaturated/α-hetero) is 1. The van der Waals surface area contributed by atoms with Gasteiger partial charge in [-0.2, -0.15) is 0 Å². The summed E-state index contributed by atoms with van der Waals surface area (Å²) in [5.41, 5.74) is 0. The molecule has 0 aromatic rings. The Bertz CT molecular complexity index is 273. The van der Waals surface area contributed by atoms with Crippen molar-refractivity contribution in [2.45, 2.75) is 50.6 Å². The zero-order valence-corrected chi connectivity index (χ0v) is 9.78. The molecule has 16 heavy (non-hydrogen) atoms. The molecular weight excluding hydrogens is 202 g/mol. The van der Waals surface area contributed by atoms with Gasteiger partial charge in [0.1, 0.15) is 5.78 Å². The molecule has 3 nitrogen and oxygen atoms in total. The third kappa shape index (κ3) is 2.03. The number of ketones is 1. The van der Waals surface area contributed by atoms with Gasteiger partial charge in [-0.05, 0) is 38.0 Å². The van der Waals surface area contributed by atoms with E-state index in [4.69, 9.17) is 4.74 Å². The van der Waals surface area contributed by atoms with E-state index in [9.17, 15) is 4.79 Å². The van der Waals surface area contributed by atoms with Crippen molar-refractivity contribution in [1.82, 2.24) is 5.32 Å². The summed E-state index contributed by atoms with van der Waals surface area (Å²) in [5.74, 6) is 1.56. The summed E-state index contributed by atoms with van der Waals surface area (Å²) in [6.07, 6.45) is 6.61. The molecule has 3 heterocycles. The highest BCUT2D eigenvalue weighted by Crippen LogP contribution is 2.34. The Labute approximate surface area is 96.9 Å². The molecule has 2 bridgehead atoms. The summed E-state index contributed by atoms with van der Waals surface area (Å²) in [6, 6.07) is 0.998. The van der Waals surface area contributed by atoms with E-state index in [2.05, 4.69) is 5.32 Å². The van der Waals surface area contributed by atoms with Crippen LogP contribution in [0.4, 0.5) is 0 Å². The molecule has 3 fully saturated rings. The molecular formula is C13H21NO2. The lowest BCUT2D eigenvalue weighted by molar-refractivity contribution is -0.126. The lowest BCUT2D eigenvalue weighted by Gasteiger charge is -2.32. The van der Waals surface area contributed by atoms with Crippen molar-refractivity contribution in [3.05, 3.63) is 0 Å². The third-order valence-electron chi connectivity index (χ3n) is 4.55. The highest BCUT2D eigenvalue weighted by atomic mass is 16.5. The molecule has 0 aromatic heterocycles. The van der Waals surface area contributed by atoms with Crippen molar-refractivity contribution in [1.29, 1.82) is 0 Å². The summed E-state index contributed by atoms with van der Waals surface area (Å²) in [7, 11) is 0. The highest BCUT2D eigenvalue weighted by Gasteiger charge is 2.41. The highest BCUT2D eigenvalue weighted by molar-refractivity contribution is 5.83. The van der Waals surface area contributed by atoms with Crippen LogP contribution in [0.25, 0.3) is 0 Å². The first-order valence-electron chi connectivity index (χ1n) is 6.69. The second kappa shape index (κ2) is 4.46. The standard InChI is InChI=1S/C13H21NO2/c15-13-8-10-1-2-12(14-10)11(13)7-9-3-5-16-6-4-9/h9-12,14H,1-8H2. The summed E-state index contributed by atoms with van der Waals surface area (Å²) in [6.45, 7) is 1.79. The van der Waals surface area contributed by atoms with Gasteiger partial charge in [-0.15, -0.1) is 0 Å². The van der Waals surface area contributed by atoms with E-state index < -0.39 is 0 Å². The quantitative estimate of drug-likeness (QED) is 0.771. The number of hydrogen-bond donors (Lipinski definition) is 1. The molecule has 0 saturated carbocycles. The topological polar surface area (TPSA) is 38.3 Å². The molecule has 0 radical (unpaired) electrons. The summed E-state index contributed by atoms with van der Waals surface area (Å²) in [4.78, 5) is 12.1. The largest absolute Gasteiger partial charge is 0.381 e. The molecule has 90 valence electrons. The van der Waals surface area contributed by atoms with Crippen LogP contribution in [0.5, 0.6) is 0 Å². The fourth-order valence-corrected chi connectivity index (χ4v) is 3.58. The summed E-state index contributed by atoms with van der Waals surface area (Å²) >= 11 is 0. The van der Waals surface area contributed by atoms with Crippen LogP contribution in [0.3, 0.4) is 0 Å². The molecule has 0 aromatic carbocycles. The molecule has 3 aliphatic heterocycles. The fraction of sp³-hybridized carbons (Fsp3) is 0.923. The third-order valence-corrected chi connectivity index (χ3v) is 4.55. The molecule has 0 aliphatic carbocycles. The van der Waals surface area contributed by atoms with Crippen LogP contribution in [-0.4, -0.2) is 31.1 Å². The van der Waals surface area contributed by atoms with Gasteiger partial charge in [0.2, 0.25) is 0 Å². The van der Waals surface area contributed by atoms with Crippen molar-refractivity contribution >= 4 is 5.78 Å². The Morgan fingerprint density at radius 1 is 1.19 bits per heavy atom. The minimum atomic E-state index is 0.307. The van der Waals surface area contributed by atoms with Crippen LogP contribution in [0.1, 0.15) is 38.5 Å². The van der Waals surface area contributed by atoms with Crippen molar-refractivity contribution < 1.29 is 9.53 Å². The molecule has 3 atom stereocenters. The molecule has 3 rings (SSSR count). The number of hydrogen-bond acceptors (Lipinski definition) is 3. The van der Waals surface area contributed by atoms with Gasteiger partial charge < -0.3 is 10.1 Å². The minimum Gasteiger partial charge on any atom is -0.381 e. The monoisotopic (exact) mass is 223 g/mol. The lowest BCUT2D eigenvalue weighted by Crippen LogP contribution is -2.46. The second-order valence-corrected chi connectivity index (χ2v) is 5.62. The van der Waals surface area contributed by atoms with Crippen molar-refractivity contribution in [3.8, 4) is 0 Å². The maximum atomic E-state index is 12.1. The van der Waals surface area contributed by atoms with Gasteiger partial charge in [-0.25, -0.2) is 0 Å². The normalized spacial score (nSPS) is 40.2. The average Bonchev–Trinajstić information content (AvgIpc) is 2.70. The van der Waals surface area contributed by atoms with E-state index in [1.807, 2.05) is 0 Å². The van der Waals surface area contributed by atoms with Gasteiger partial charge in [0.25, 0.3) is 0 Å². The Morgan fingerprint density at radius 3 is 2.81 bits per heavy atom. The molecule has 0 spiro atoms. The number of nitrogens with one attached hydrogen (secondary N) is 1. The number of piperidine rings is 1. The number of fused-ring (bicyclic) bond motifs is 2. The van der Waals surface area contributed by atoms with Crippen LogP contribution >= 0.6 is 0 Å². The predicted molar refractivity (Wildman–Crippen MR) is 61.2 cm³/mol. The van der Waals surface area contributed by atoms with E-state index in [1.54, 1.807) is 0 Å². The maximum Gasteiger partial charge on any atom is 0.139 e. The Morgan fingerprint density at radius 2 is 2.00 bits per heavy atom. The molecule has 0 amide bonds. The molecule has 3 unspecified atom stereocenters. The zero-order valence-electron chi connectivity index (χ0n) is 9.78. The van der Waals surface area contributed by atoms with Crippen LogP contribution in [0.15, 0.2) is 0 Å². The van der Waals surface area contributed by atoms with Gasteiger partial charge in [0.05, 0.1) is 0 Å². The number of rotatable bonds is 2. The first-order valence-corrected chi connectivity index (χ1v) is 6.69. The maximum absolute atomic E-state index is 12.1. The van der Waals surface area contributed by atoms with Gasteiger partial charge in [0, 0.05) is 37.6 Å². The smallest absolute Gasteiger partial charge is 0.139 e. The number of carbonyl (C=O) groups is 1. The Kier molecular flexibility index (Phi) is 2.99. The SMILES string of the molecule is O=C1CC2CCC(N2)C1CC1CCOCC1. The average molecular weight is 223 g/mol. The lowest BCUT2D eigenvalue weighted by atomic mass is 9.80. The number of carbonyl (C=O) groups excluding carboxylic acids is 1. The van der Waals surface area contributed by atoms with Gasteiger partial charge in [-0.1, -0.05) is 0 Å². The minimum absolute atomic E-state index is 0.307. The van der Waals surface area contributed by atoms with Crippen LogP contribution in [0, 0.1) is 11.8 Å². The van der Waals surface area contributed by atoms with E-state index in [0.29, 0.717) is 23.8 Å². The van der Waals surface area contributed by atoms with Crippen molar-refractivity contribution in [3.63, 3.8) is 0 Å². The van der Waals surface area contributed by atoms with Crippen LogP contribution in [-0.2, 0) is 9.53 Å². The zero-order chi connectivity index (χ0) is 11.0. The van der Waals surface area contributed by atoms with Crippen molar-refractivity contribution in [2.75, 3.05) is 13.2 Å². The van der Waals surface area contributed by atoms with E-state index >= 15 is 0 Å². The molecule has 1 N–H and O–H groups in total. The Hall–Kier alpha value is -0.410. The molecule has 3 heteroatoms. The van der Waals surface area contributed by atoms with E-state index in [-0.39, 0.29) is 0 Å².